The van der Waals surface area contributed by atoms with Crippen molar-refractivity contribution in [2.24, 2.45) is 0 Å². The van der Waals surface area contributed by atoms with Gasteiger partial charge >= 0.3 is 0 Å². The normalized spacial score (nSPS) is 18.0. The summed E-state index contributed by atoms with van der Waals surface area (Å²) < 4.78 is 1.89. The molecule has 0 spiro atoms. The SMILES string of the molecule is Clc1cnc(NC2CCNC2)nc1-n1cnc2ccccc21. The van der Waals surface area contributed by atoms with E-state index in [1.54, 1.807) is 12.5 Å². The molecule has 1 fully saturated rings. The Morgan fingerprint density at radius 1 is 1.27 bits per heavy atom. The Hall–Kier alpha value is -2.18. The van der Waals surface area contributed by atoms with Gasteiger partial charge in [0, 0.05) is 12.6 Å². The van der Waals surface area contributed by atoms with Crippen molar-refractivity contribution in [1.29, 1.82) is 0 Å². The lowest BCUT2D eigenvalue weighted by atomic mass is 10.3. The van der Waals surface area contributed by atoms with E-state index in [1.807, 2.05) is 28.8 Å². The second-order valence-electron chi connectivity index (χ2n) is 5.30. The number of anilines is 1. The summed E-state index contributed by atoms with van der Waals surface area (Å²) >= 11 is 6.29. The van der Waals surface area contributed by atoms with Gasteiger partial charge in [-0.3, -0.25) is 4.57 Å². The lowest BCUT2D eigenvalue weighted by Crippen LogP contribution is -2.23. The van der Waals surface area contributed by atoms with Crippen molar-refractivity contribution in [2.45, 2.75) is 12.5 Å². The smallest absolute Gasteiger partial charge is 0.224 e. The molecule has 0 bridgehead atoms. The Morgan fingerprint density at radius 2 is 2.18 bits per heavy atom. The molecular weight excluding hydrogens is 300 g/mol. The summed E-state index contributed by atoms with van der Waals surface area (Å²) in [6.45, 7) is 1.94. The molecular formula is C15H15ClN6. The molecule has 0 radical (unpaired) electrons. The first-order valence-corrected chi connectivity index (χ1v) is 7.61. The molecule has 3 aromatic rings. The minimum atomic E-state index is 0.355. The Balaban J connectivity index is 1.74. The van der Waals surface area contributed by atoms with Crippen molar-refractivity contribution in [2.75, 3.05) is 18.4 Å². The van der Waals surface area contributed by atoms with Crippen LogP contribution in [0.3, 0.4) is 0 Å². The summed E-state index contributed by atoms with van der Waals surface area (Å²) in [6.07, 6.45) is 4.43. The molecule has 7 heteroatoms. The van der Waals surface area contributed by atoms with Crippen LogP contribution in [-0.4, -0.2) is 38.7 Å². The third-order valence-electron chi connectivity index (χ3n) is 3.80. The quantitative estimate of drug-likeness (QED) is 0.776. The van der Waals surface area contributed by atoms with Crippen molar-refractivity contribution in [3.63, 3.8) is 0 Å². The highest BCUT2D eigenvalue weighted by Gasteiger charge is 2.17. The van der Waals surface area contributed by atoms with E-state index in [-0.39, 0.29) is 0 Å². The van der Waals surface area contributed by atoms with E-state index in [2.05, 4.69) is 25.6 Å². The van der Waals surface area contributed by atoms with Crippen molar-refractivity contribution >= 4 is 28.6 Å². The van der Waals surface area contributed by atoms with E-state index in [0.717, 1.165) is 30.5 Å². The lowest BCUT2D eigenvalue weighted by molar-refractivity contribution is 0.778. The van der Waals surface area contributed by atoms with Crippen LogP contribution in [0.1, 0.15) is 6.42 Å². The minimum absolute atomic E-state index is 0.355. The molecule has 0 saturated carbocycles. The predicted molar refractivity (Wildman–Crippen MR) is 86.6 cm³/mol. The molecule has 1 aliphatic rings. The number of rotatable bonds is 3. The number of fused-ring (bicyclic) bond motifs is 1. The summed E-state index contributed by atoms with van der Waals surface area (Å²) in [5.41, 5.74) is 1.88. The maximum atomic E-state index is 6.29. The van der Waals surface area contributed by atoms with E-state index in [9.17, 15) is 0 Å². The third kappa shape index (κ3) is 2.40. The molecule has 0 amide bonds. The van der Waals surface area contributed by atoms with Crippen LogP contribution >= 0.6 is 11.6 Å². The van der Waals surface area contributed by atoms with Gasteiger partial charge < -0.3 is 10.6 Å². The summed E-state index contributed by atoms with van der Waals surface area (Å²) in [5.74, 6) is 1.23. The van der Waals surface area contributed by atoms with E-state index >= 15 is 0 Å². The molecule has 2 aromatic heterocycles. The average molecular weight is 315 g/mol. The molecule has 1 aromatic carbocycles. The minimum Gasteiger partial charge on any atom is -0.350 e. The van der Waals surface area contributed by atoms with Crippen LogP contribution in [0.2, 0.25) is 5.02 Å². The maximum Gasteiger partial charge on any atom is 0.224 e. The zero-order valence-corrected chi connectivity index (χ0v) is 12.6. The van der Waals surface area contributed by atoms with Crippen LogP contribution in [-0.2, 0) is 0 Å². The molecule has 0 aliphatic carbocycles. The predicted octanol–water partition coefficient (Wildman–Crippen LogP) is 2.24. The maximum absolute atomic E-state index is 6.29. The molecule has 4 rings (SSSR count). The van der Waals surface area contributed by atoms with Crippen LogP contribution in [0, 0.1) is 0 Å². The number of halogens is 1. The van der Waals surface area contributed by atoms with E-state index < -0.39 is 0 Å². The van der Waals surface area contributed by atoms with Gasteiger partial charge in [-0.15, -0.1) is 0 Å². The van der Waals surface area contributed by atoms with Crippen LogP contribution in [0.4, 0.5) is 5.95 Å². The highest BCUT2D eigenvalue weighted by molar-refractivity contribution is 6.32. The van der Waals surface area contributed by atoms with Gasteiger partial charge in [0.2, 0.25) is 5.95 Å². The molecule has 3 heterocycles. The number of hydrogen-bond acceptors (Lipinski definition) is 5. The molecule has 1 saturated heterocycles. The fourth-order valence-corrected chi connectivity index (χ4v) is 2.87. The molecule has 2 N–H and O–H groups in total. The van der Waals surface area contributed by atoms with Crippen LogP contribution in [0.25, 0.3) is 16.9 Å². The van der Waals surface area contributed by atoms with Crippen molar-refractivity contribution in [1.82, 2.24) is 24.8 Å². The summed E-state index contributed by atoms with van der Waals surface area (Å²) in [6, 6.07) is 8.24. The monoisotopic (exact) mass is 314 g/mol. The number of hydrogen-bond donors (Lipinski definition) is 2. The zero-order chi connectivity index (χ0) is 14.9. The molecule has 22 heavy (non-hydrogen) atoms. The van der Waals surface area contributed by atoms with Gasteiger partial charge in [0.15, 0.2) is 5.82 Å². The van der Waals surface area contributed by atoms with Crippen LogP contribution in [0.5, 0.6) is 0 Å². The zero-order valence-electron chi connectivity index (χ0n) is 11.8. The van der Waals surface area contributed by atoms with Gasteiger partial charge in [0.25, 0.3) is 0 Å². The largest absolute Gasteiger partial charge is 0.350 e. The molecule has 1 unspecified atom stereocenters. The first-order valence-electron chi connectivity index (χ1n) is 7.23. The molecule has 1 aliphatic heterocycles. The van der Waals surface area contributed by atoms with Gasteiger partial charge in [-0.2, -0.15) is 4.98 Å². The number of aromatic nitrogens is 4. The average Bonchev–Trinajstić information content (AvgIpc) is 3.19. The first-order chi connectivity index (χ1) is 10.8. The standard InChI is InChI=1S/C15H15ClN6/c16-11-8-18-15(20-10-5-6-17-7-10)21-14(11)22-9-19-12-3-1-2-4-13(12)22/h1-4,8-10,17H,5-7H2,(H,18,20,21). The molecule has 1 atom stereocenters. The van der Waals surface area contributed by atoms with E-state index in [0.29, 0.717) is 22.8 Å². The van der Waals surface area contributed by atoms with Gasteiger partial charge in [0.05, 0.1) is 17.2 Å². The Morgan fingerprint density at radius 3 is 3.05 bits per heavy atom. The number of benzene rings is 1. The van der Waals surface area contributed by atoms with Crippen LogP contribution in [0.15, 0.2) is 36.8 Å². The van der Waals surface area contributed by atoms with Crippen molar-refractivity contribution < 1.29 is 0 Å². The lowest BCUT2D eigenvalue weighted by Gasteiger charge is -2.13. The Bertz CT molecular complexity index is 809. The van der Waals surface area contributed by atoms with Gasteiger partial charge in [-0.25, -0.2) is 9.97 Å². The Labute approximate surface area is 132 Å². The number of para-hydroxylation sites is 2. The fourth-order valence-electron chi connectivity index (χ4n) is 2.68. The molecule has 112 valence electrons. The van der Waals surface area contributed by atoms with Gasteiger partial charge in [-0.05, 0) is 25.1 Å². The van der Waals surface area contributed by atoms with Gasteiger partial charge in [-0.1, -0.05) is 23.7 Å². The van der Waals surface area contributed by atoms with Crippen molar-refractivity contribution in [3.05, 3.63) is 41.8 Å². The summed E-state index contributed by atoms with van der Waals surface area (Å²) in [7, 11) is 0. The summed E-state index contributed by atoms with van der Waals surface area (Å²) in [4.78, 5) is 13.2. The van der Waals surface area contributed by atoms with Gasteiger partial charge in [0.1, 0.15) is 11.3 Å². The van der Waals surface area contributed by atoms with E-state index in [1.165, 1.54) is 0 Å². The van der Waals surface area contributed by atoms with E-state index in [4.69, 9.17) is 11.6 Å². The molecule has 6 nitrogen and oxygen atoms in total. The topological polar surface area (TPSA) is 67.7 Å². The second-order valence-corrected chi connectivity index (χ2v) is 5.71. The fraction of sp³-hybridized carbons (Fsp3) is 0.267. The number of nitrogens with zero attached hydrogens (tertiary/aromatic N) is 4. The van der Waals surface area contributed by atoms with Crippen LogP contribution < -0.4 is 10.6 Å². The highest BCUT2D eigenvalue weighted by atomic mass is 35.5. The highest BCUT2D eigenvalue weighted by Crippen LogP contribution is 2.23. The summed E-state index contributed by atoms with van der Waals surface area (Å²) in [5, 5.41) is 7.15. The Kier molecular flexibility index (Phi) is 3.40. The first kappa shape index (κ1) is 13.5. The second kappa shape index (κ2) is 5.55. The third-order valence-corrected chi connectivity index (χ3v) is 4.07. The number of imidazole rings is 1. The van der Waals surface area contributed by atoms with Crippen molar-refractivity contribution in [3.8, 4) is 5.82 Å². The number of nitrogens with one attached hydrogen (secondary N) is 2.